The van der Waals surface area contributed by atoms with Gasteiger partial charge in [0.2, 0.25) is 5.78 Å². The maximum atomic E-state index is 12.2. The zero-order valence-electron chi connectivity index (χ0n) is 10.3. The van der Waals surface area contributed by atoms with E-state index < -0.39 is 11.7 Å². The van der Waals surface area contributed by atoms with E-state index in [4.69, 9.17) is 4.74 Å². The molecule has 0 atom stereocenters. The summed E-state index contributed by atoms with van der Waals surface area (Å²) in [4.78, 5) is 24.1. The third-order valence-corrected chi connectivity index (χ3v) is 3.02. The molecule has 0 bridgehead atoms. The van der Waals surface area contributed by atoms with Gasteiger partial charge in [-0.25, -0.2) is 0 Å². The van der Waals surface area contributed by atoms with Gasteiger partial charge in [-0.05, 0) is 5.57 Å². The normalized spacial score (nSPS) is 16.2. The summed E-state index contributed by atoms with van der Waals surface area (Å²) >= 11 is 0. The van der Waals surface area contributed by atoms with Crippen molar-refractivity contribution in [2.45, 2.75) is 0 Å². The third kappa shape index (κ3) is 1.97. The van der Waals surface area contributed by atoms with Gasteiger partial charge in [-0.2, -0.15) is 0 Å². The van der Waals surface area contributed by atoms with Crippen LogP contribution in [0.25, 0.3) is 0 Å². The molecule has 98 valence electrons. The van der Waals surface area contributed by atoms with Gasteiger partial charge in [0.15, 0.2) is 5.78 Å². The van der Waals surface area contributed by atoms with Crippen molar-refractivity contribution in [1.29, 1.82) is 0 Å². The van der Waals surface area contributed by atoms with E-state index in [1.54, 1.807) is 48.6 Å². The zero-order chi connectivity index (χ0) is 14.1. The lowest BCUT2D eigenvalue weighted by Crippen LogP contribution is -2.21. The van der Waals surface area contributed by atoms with Crippen LogP contribution >= 0.6 is 0 Å². The number of ether oxygens (including phenoxy) is 1. The van der Waals surface area contributed by atoms with Gasteiger partial charge in [0.25, 0.3) is 0 Å². The van der Waals surface area contributed by atoms with Crippen LogP contribution in [-0.2, 0) is 4.74 Å². The van der Waals surface area contributed by atoms with Gasteiger partial charge in [0, 0.05) is 17.2 Å². The van der Waals surface area contributed by atoms with Crippen LogP contribution in [-0.4, -0.2) is 11.6 Å². The lowest BCUT2D eigenvalue weighted by atomic mass is 9.94. The average Bonchev–Trinajstić information content (AvgIpc) is 2.99. The Hall–Kier alpha value is -2.88. The van der Waals surface area contributed by atoms with Gasteiger partial charge in [-0.15, -0.1) is 0 Å². The quantitative estimate of drug-likeness (QED) is 0.763. The highest BCUT2D eigenvalue weighted by molar-refractivity contribution is 6.23. The molecule has 0 N–H and O–H groups in total. The lowest BCUT2D eigenvalue weighted by molar-refractivity contribution is -0.351. The van der Waals surface area contributed by atoms with Gasteiger partial charge in [-0.3, -0.25) is 9.59 Å². The van der Waals surface area contributed by atoms with Crippen LogP contribution in [0, 0.1) is 0 Å². The Bertz CT molecular complexity index is 719. The number of hydrogen-bond acceptors (Lipinski definition) is 4. The molecule has 0 amide bonds. The number of rotatable bonds is 2. The standard InChI is InChI=1S/C16H10O4/c17-13-9-14(20-16(19)10-5-1-2-6-10)15(18)12-8-4-3-7-11(12)13/h1-9,19H/p-1. The summed E-state index contributed by atoms with van der Waals surface area (Å²) in [5.74, 6) is -1.69. The predicted octanol–water partition coefficient (Wildman–Crippen LogP) is 1.66. The fraction of sp³-hybridized carbons (Fsp3) is 0. The number of benzene rings is 1. The fourth-order valence-corrected chi connectivity index (χ4v) is 2.04. The Morgan fingerprint density at radius 1 is 1.00 bits per heavy atom. The summed E-state index contributed by atoms with van der Waals surface area (Å²) in [5.41, 5.74) is 0.918. The van der Waals surface area contributed by atoms with Crippen molar-refractivity contribution in [2.24, 2.45) is 0 Å². The van der Waals surface area contributed by atoms with E-state index in [-0.39, 0.29) is 17.1 Å². The first-order chi connectivity index (χ1) is 9.66. The highest BCUT2D eigenvalue weighted by atomic mass is 16.6. The fourth-order valence-electron chi connectivity index (χ4n) is 2.04. The summed E-state index contributed by atoms with van der Waals surface area (Å²) in [6.07, 6.45) is 7.59. The minimum Gasteiger partial charge on any atom is -0.575 e. The van der Waals surface area contributed by atoms with Crippen molar-refractivity contribution < 1.29 is 19.4 Å². The van der Waals surface area contributed by atoms with Crippen LogP contribution in [0.5, 0.6) is 0 Å². The van der Waals surface area contributed by atoms with Crippen LogP contribution in [0.15, 0.2) is 71.9 Å². The van der Waals surface area contributed by atoms with E-state index in [1.807, 2.05) is 0 Å². The van der Waals surface area contributed by atoms with Crippen LogP contribution in [0.4, 0.5) is 0 Å². The number of ketones is 2. The van der Waals surface area contributed by atoms with Gasteiger partial charge < -0.3 is 9.84 Å². The van der Waals surface area contributed by atoms with Crippen LogP contribution in [0.2, 0.25) is 0 Å². The Morgan fingerprint density at radius 3 is 2.35 bits per heavy atom. The molecule has 0 unspecified atom stereocenters. The molecule has 4 nitrogen and oxygen atoms in total. The largest absolute Gasteiger partial charge is 0.575 e. The number of hydrogen-bond donors (Lipinski definition) is 0. The second kappa shape index (κ2) is 4.66. The minimum absolute atomic E-state index is 0.236. The molecule has 1 aromatic rings. The predicted molar refractivity (Wildman–Crippen MR) is 69.6 cm³/mol. The number of allylic oxidation sites excluding steroid dienone is 7. The molecule has 0 spiro atoms. The summed E-state index contributed by atoms with van der Waals surface area (Å²) in [6, 6.07) is 6.45. The van der Waals surface area contributed by atoms with E-state index >= 15 is 0 Å². The highest BCUT2D eigenvalue weighted by Crippen LogP contribution is 2.23. The van der Waals surface area contributed by atoms with Gasteiger partial charge in [0.05, 0.1) is 11.7 Å². The average molecular weight is 265 g/mol. The number of fused-ring (bicyclic) bond motifs is 1. The van der Waals surface area contributed by atoms with E-state index in [2.05, 4.69) is 0 Å². The molecule has 4 heteroatoms. The Balaban J connectivity index is 1.95. The van der Waals surface area contributed by atoms with Crippen LogP contribution < -0.4 is 5.11 Å². The summed E-state index contributed by atoms with van der Waals surface area (Å²) in [7, 11) is 0. The van der Waals surface area contributed by atoms with Crippen molar-refractivity contribution in [3.8, 4) is 0 Å². The molecule has 3 rings (SSSR count). The molecule has 1 aromatic carbocycles. The molecule has 0 saturated carbocycles. The molecule has 0 fully saturated rings. The molecule has 0 aliphatic heterocycles. The maximum absolute atomic E-state index is 12.2. The smallest absolute Gasteiger partial charge is 0.200 e. The van der Waals surface area contributed by atoms with Crippen molar-refractivity contribution >= 4 is 11.6 Å². The zero-order valence-corrected chi connectivity index (χ0v) is 10.3. The molecule has 20 heavy (non-hydrogen) atoms. The first kappa shape index (κ1) is 12.2. The number of carbonyl (C=O) groups excluding carboxylic acids is 2. The van der Waals surface area contributed by atoms with Gasteiger partial charge >= 0.3 is 0 Å². The molecule has 0 aromatic heterocycles. The second-order valence-corrected chi connectivity index (χ2v) is 4.31. The van der Waals surface area contributed by atoms with Crippen molar-refractivity contribution in [1.82, 2.24) is 0 Å². The monoisotopic (exact) mass is 265 g/mol. The molecule has 2 aliphatic carbocycles. The van der Waals surface area contributed by atoms with Crippen LogP contribution in [0.3, 0.4) is 0 Å². The maximum Gasteiger partial charge on any atom is 0.200 e. The topological polar surface area (TPSA) is 66.4 Å². The first-order valence-corrected chi connectivity index (χ1v) is 6.00. The minimum atomic E-state index is -0.651. The second-order valence-electron chi connectivity index (χ2n) is 4.31. The first-order valence-electron chi connectivity index (χ1n) is 6.00. The number of carbonyl (C=O) groups is 2. The summed E-state index contributed by atoms with van der Waals surface area (Å²) in [6.45, 7) is 0. The third-order valence-electron chi connectivity index (χ3n) is 3.02. The highest BCUT2D eigenvalue weighted by Gasteiger charge is 2.23. The van der Waals surface area contributed by atoms with Crippen molar-refractivity contribution in [2.75, 3.05) is 0 Å². The molecular weight excluding hydrogens is 256 g/mol. The van der Waals surface area contributed by atoms with E-state index in [9.17, 15) is 14.7 Å². The molecular formula is C16H9O4-. The summed E-state index contributed by atoms with van der Waals surface area (Å²) in [5, 5.41) is 11.8. The van der Waals surface area contributed by atoms with Gasteiger partial charge in [0.1, 0.15) is 0 Å². The van der Waals surface area contributed by atoms with Gasteiger partial charge in [-0.1, -0.05) is 48.6 Å². The van der Waals surface area contributed by atoms with Crippen molar-refractivity contribution in [3.05, 3.63) is 83.0 Å². The van der Waals surface area contributed by atoms with Crippen molar-refractivity contribution in [3.63, 3.8) is 0 Å². The van der Waals surface area contributed by atoms with E-state index in [0.717, 1.165) is 6.08 Å². The van der Waals surface area contributed by atoms with Crippen LogP contribution in [0.1, 0.15) is 20.7 Å². The molecule has 2 aliphatic rings. The molecule has 0 heterocycles. The lowest BCUT2D eigenvalue weighted by Gasteiger charge is -2.23. The summed E-state index contributed by atoms with van der Waals surface area (Å²) < 4.78 is 5.03. The van der Waals surface area contributed by atoms with E-state index in [0.29, 0.717) is 11.1 Å². The Labute approximate surface area is 115 Å². The molecule has 0 radical (unpaired) electrons. The number of Topliss-reactive ketones (excluding diaryl/α,β-unsaturated/α-hetero) is 1. The SMILES string of the molecule is O=C1C=C(OC([O-])=C2C=CC=C2)C(=O)c2ccccc21. The van der Waals surface area contributed by atoms with E-state index in [1.165, 1.54) is 0 Å². The molecule has 0 saturated heterocycles. The Kier molecular flexibility index (Phi) is 2.84. The Morgan fingerprint density at radius 2 is 1.65 bits per heavy atom.